The first kappa shape index (κ1) is 10.4. The number of aliphatic hydroxyl groups is 1. The predicted molar refractivity (Wildman–Crippen MR) is 54.1 cm³/mol. The van der Waals surface area contributed by atoms with Crippen LogP contribution in [0.5, 0.6) is 0 Å². The first-order chi connectivity index (χ1) is 6.06. The van der Waals surface area contributed by atoms with Crippen LogP contribution in [-0.4, -0.2) is 22.9 Å². The molecule has 0 aromatic carbocycles. The van der Waals surface area contributed by atoms with Gasteiger partial charge in [0.1, 0.15) is 6.23 Å². The minimum Gasteiger partial charge on any atom is -0.379 e. The molecule has 0 heterocycles. The predicted octanol–water partition coefficient (Wildman–Crippen LogP) is 0.516. The highest BCUT2D eigenvalue weighted by Gasteiger charge is 2.19. The Morgan fingerprint density at radius 2 is 2.08 bits per heavy atom. The van der Waals surface area contributed by atoms with Crippen molar-refractivity contribution in [3.05, 3.63) is 24.3 Å². The Bertz CT molecular complexity index is 207. The van der Waals surface area contributed by atoms with E-state index in [1.807, 2.05) is 24.3 Å². The molecule has 0 spiro atoms. The molecule has 1 unspecified atom stereocenters. The lowest BCUT2D eigenvalue weighted by molar-refractivity contribution is 0.153. The molecule has 13 heavy (non-hydrogen) atoms. The van der Waals surface area contributed by atoms with E-state index in [2.05, 4.69) is 12.2 Å². The zero-order chi connectivity index (χ0) is 9.90. The van der Waals surface area contributed by atoms with E-state index in [0.29, 0.717) is 0 Å². The molecule has 0 saturated heterocycles. The fourth-order valence-electron chi connectivity index (χ4n) is 1.31. The van der Waals surface area contributed by atoms with E-state index >= 15 is 0 Å². The van der Waals surface area contributed by atoms with Gasteiger partial charge in [-0.1, -0.05) is 31.2 Å². The first-order valence-corrected chi connectivity index (χ1v) is 4.67. The molecule has 0 aromatic heterocycles. The normalized spacial score (nSPS) is 34.9. The standard InChI is InChI=1S/C10H18N2O/c1-3-10(11)6-4-9(5-7-10)12-8(2)13/h4-9,12-13H,3,11H2,1-2H3. The van der Waals surface area contributed by atoms with Crippen molar-refractivity contribution in [1.82, 2.24) is 5.32 Å². The van der Waals surface area contributed by atoms with Crippen LogP contribution in [0.25, 0.3) is 0 Å². The van der Waals surface area contributed by atoms with Crippen LogP contribution >= 0.6 is 0 Å². The molecular formula is C10H18N2O. The topological polar surface area (TPSA) is 58.3 Å². The number of nitrogens with two attached hydrogens (primary N) is 1. The summed E-state index contributed by atoms with van der Waals surface area (Å²) in [6.07, 6.45) is 8.32. The van der Waals surface area contributed by atoms with Gasteiger partial charge in [0.15, 0.2) is 0 Å². The minimum atomic E-state index is -0.494. The lowest BCUT2D eigenvalue weighted by Crippen LogP contribution is -2.41. The number of rotatable bonds is 3. The van der Waals surface area contributed by atoms with Crippen LogP contribution in [0.4, 0.5) is 0 Å². The highest BCUT2D eigenvalue weighted by molar-refractivity contribution is 5.26. The molecule has 0 aliphatic heterocycles. The van der Waals surface area contributed by atoms with Gasteiger partial charge in [0.05, 0.1) is 5.54 Å². The summed E-state index contributed by atoms with van der Waals surface area (Å²) < 4.78 is 0. The van der Waals surface area contributed by atoms with Gasteiger partial charge in [-0.2, -0.15) is 0 Å². The lowest BCUT2D eigenvalue weighted by atomic mass is 9.91. The molecule has 0 radical (unpaired) electrons. The SMILES string of the molecule is CCC1(N)C=CC(NC(C)O)C=C1. The van der Waals surface area contributed by atoms with E-state index in [9.17, 15) is 0 Å². The van der Waals surface area contributed by atoms with E-state index < -0.39 is 6.23 Å². The Balaban J connectivity index is 2.53. The molecule has 0 fully saturated rings. The maximum absolute atomic E-state index is 9.08. The summed E-state index contributed by atoms with van der Waals surface area (Å²) in [5.74, 6) is 0. The number of hydrogen-bond acceptors (Lipinski definition) is 3. The fraction of sp³-hybridized carbons (Fsp3) is 0.600. The summed E-state index contributed by atoms with van der Waals surface area (Å²) in [5, 5.41) is 12.1. The van der Waals surface area contributed by atoms with Crippen molar-refractivity contribution in [1.29, 1.82) is 0 Å². The van der Waals surface area contributed by atoms with Crippen LogP contribution in [0.3, 0.4) is 0 Å². The molecule has 4 N–H and O–H groups in total. The van der Waals surface area contributed by atoms with Crippen LogP contribution in [0.1, 0.15) is 20.3 Å². The van der Waals surface area contributed by atoms with Crippen LogP contribution in [0.15, 0.2) is 24.3 Å². The minimum absolute atomic E-state index is 0.100. The van der Waals surface area contributed by atoms with Crippen LogP contribution in [0, 0.1) is 0 Å². The average molecular weight is 182 g/mol. The van der Waals surface area contributed by atoms with Gasteiger partial charge in [0.25, 0.3) is 0 Å². The molecule has 1 aliphatic rings. The van der Waals surface area contributed by atoms with Gasteiger partial charge < -0.3 is 10.8 Å². The molecule has 0 saturated carbocycles. The maximum atomic E-state index is 9.08. The zero-order valence-corrected chi connectivity index (χ0v) is 8.20. The Labute approximate surface area is 79.3 Å². The molecule has 1 rings (SSSR count). The van der Waals surface area contributed by atoms with Crippen LogP contribution in [0.2, 0.25) is 0 Å². The van der Waals surface area contributed by atoms with Gasteiger partial charge in [-0.05, 0) is 13.3 Å². The van der Waals surface area contributed by atoms with Gasteiger partial charge in [-0.25, -0.2) is 0 Å². The fourth-order valence-corrected chi connectivity index (χ4v) is 1.31. The molecule has 1 aliphatic carbocycles. The van der Waals surface area contributed by atoms with E-state index in [1.54, 1.807) is 6.92 Å². The van der Waals surface area contributed by atoms with Crippen LogP contribution in [-0.2, 0) is 0 Å². The Kier molecular flexibility index (Phi) is 3.25. The van der Waals surface area contributed by atoms with Crippen molar-refractivity contribution < 1.29 is 5.11 Å². The van der Waals surface area contributed by atoms with E-state index in [0.717, 1.165) is 6.42 Å². The summed E-state index contributed by atoms with van der Waals surface area (Å²) in [6.45, 7) is 3.75. The second kappa shape index (κ2) is 4.05. The highest BCUT2D eigenvalue weighted by atomic mass is 16.3. The van der Waals surface area contributed by atoms with Crippen LogP contribution < -0.4 is 11.1 Å². The summed E-state index contributed by atoms with van der Waals surface area (Å²) in [4.78, 5) is 0. The maximum Gasteiger partial charge on any atom is 0.102 e. The van der Waals surface area contributed by atoms with Crippen molar-refractivity contribution >= 4 is 0 Å². The number of hydrogen-bond donors (Lipinski definition) is 3. The Hall–Kier alpha value is -0.640. The summed E-state index contributed by atoms with van der Waals surface area (Å²) in [5.41, 5.74) is 5.69. The summed E-state index contributed by atoms with van der Waals surface area (Å²) in [7, 11) is 0. The third-order valence-electron chi connectivity index (χ3n) is 2.27. The van der Waals surface area contributed by atoms with Crippen molar-refractivity contribution in [3.63, 3.8) is 0 Å². The van der Waals surface area contributed by atoms with Crippen molar-refractivity contribution in [3.8, 4) is 0 Å². The first-order valence-electron chi connectivity index (χ1n) is 4.67. The van der Waals surface area contributed by atoms with Gasteiger partial charge in [0.2, 0.25) is 0 Å². The van der Waals surface area contributed by atoms with Crippen molar-refractivity contribution in [2.24, 2.45) is 5.73 Å². The van der Waals surface area contributed by atoms with Gasteiger partial charge in [-0.3, -0.25) is 5.32 Å². The number of nitrogens with one attached hydrogen (secondary N) is 1. The molecule has 74 valence electrons. The largest absolute Gasteiger partial charge is 0.379 e. The van der Waals surface area contributed by atoms with Crippen molar-refractivity contribution in [2.75, 3.05) is 0 Å². The Morgan fingerprint density at radius 3 is 2.46 bits per heavy atom. The second-order valence-corrected chi connectivity index (χ2v) is 3.55. The van der Waals surface area contributed by atoms with E-state index in [-0.39, 0.29) is 11.6 Å². The molecule has 1 atom stereocenters. The molecule has 0 aromatic rings. The monoisotopic (exact) mass is 182 g/mol. The smallest absolute Gasteiger partial charge is 0.102 e. The number of aliphatic hydroxyl groups excluding tert-OH is 1. The third kappa shape index (κ3) is 2.95. The van der Waals surface area contributed by atoms with Crippen molar-refractivity contribution in [2.45, 2.75) is 38.1 Å². The Morgan fingerprint density at radius 1 is 1.54 bits per heavy atom. The third-order valence-corrected chi connectivity index (χ3v) is 2.27. The zero-order valence-electron chi connectivity index (χ0n) is 8.20. The van der Waals surface area contributed by atoms with E-state index in [1.165, 1.54) is 0 Å². The quantitative estimate of drug-likeness (QED) is 0.440. The summed E-state index contributed by atoms with van der Waals surface area (Å²) in [6, 6.07) is 0.100. The highest BCUT2D eigenvalue weighted by Crippen LogP contribution is 2.15. The molecule has 3 heteroatoms. The average Bonchev–Trinajstić information content (AvgIpc) is 2.09. The molecular weight excluding hydrogens is 164 g/mol. The molecule has 0 amide bonds. The van der Waals surface area contributed by atoms with Gasteiger partial charge in [-0.15, -0.1) is 0 Å². The van der Waals surface area contributed by atoms with Gasteiger partial charge in [0, 0.05) is 6.04 Å². The molecule has 0 bridgehead atoms. The summed E-state index contributed by atoms with van der Waals surface area (Å²) >= 11 is 0. The molecule has 3 nitrogen and oxygen atoms in total. The van der Waals surface area contributed by atoms with Gasteiger partial charge >= 0.3 is 0 Å². The second-order valence-electron chi connectivity index (χ2n) is 3.55. The lowest BCUT2D eigenvalue weighted by Gasteiger charge is -2.26. The van der Waals surface area contributed by atoms with E-state index in [4.69, 9.17) is 10.8 Å².